The number of hydrogen-bond donors (Lipinski definition) is 0. The van der Waals surface area contributed by atoms with Gasteiger partial charge in [-0.3, -0.25) is 4.40 Å². The zero-order chi connectivity index (χ0) is 16.4. The van der Waals surface area contributed by atoms with Crippen LogP contribution in [0.4, 0.5) is 5.82 Å². The fraction of sp³-hybridized carbons (Fsp3) is 0.167. The molecule has 23 heavy (non-hydrogen) atoms. The van der Waals surface area contributed by atoms with E-state index in [1.807, 2.05) is 56.4 Å². The van der Waals surface area contributed by atoms with Crippen molar-refractivity contribution in [1.82, 2.24) is 9.38 Å². The number of ether oxygens (including phenoxy) is 1. The number of benzene rings is 1. The van der Waals surface area contributed by atoms with Gasteiger partial charge in [0, 0.05) is 11.8 Å². The molecule has 2 heterocycles. The SMILES string of the molecule is C=C(C)COc1ccc(-c2nc3ccc(C)cn3c2N=O)cc1. The Morgan fingerprint density at radius 2 is 2.00 bits per heavy atom. The van der Waals surface area contributed by atoms with Crippen molar-refractivity contribution in [3.05, 3.63) is 65.2 Å². The average Bonchev–Trinajstić information content (AvgIpc) is 2.91. The second-order valence-electron chi connectivity index (χ2n) is 5.58. The molecule has 0 fully saturated rings. The molecule has 3 rings (SSSR count). The number of imidazole rings is 1. The largest absolute Gasteiger partial charge is 0.489 e. The number of fused-ring (bicyclic) bond motifs is 1. The van der Waals surface area contributed by atoms with Gasteiger partial charge in [0.1, 0.15) is 23.7 Å². The molecule has 0 saturated heterocycles. The molecule has 0 aliphatic heterocycles. The van der Waals surface area contributed by atoms with Crippen LogP contribution < -0.4 is 4.74 Å². The van der Waals surface area contributed by atoms with Crippen molar-refractivity contribution in [3.63, 3.8) is 0 Å². The van der Waals surface area contributed by atoms with Crippen molar-refractivity contribution in [2.75, 3.05) is 6.61 Å². The third-order valence-electron chi connectivity index (χ3n) is 3.44. The molecule has 5 heteroatoms. The van der Waals surface area contributed by atoms with Crippen LogP contribution in [0.5, 0.6) is 5.75 Å². The second kappa shape index (κ2) is 6.04. The van der Waals surface area contributed by atoms with Gasteiger partial charge >= 0.3 is 0 Å². The summed E-state index contributed by atoms with van der Waals surface area (Å²) in [7, 11) is 0. The van der Waals surface area contributed by atoms with Crippen LogP contribution in [0.1, 0.15) is 12.5 Å². The molecule has 0 N–H and O–H groups in total. The summed E-state index contributed by atoms with van der Waals surface area (Å²) >= 11 is 0. The predicted octanol–water partition coefficient (Wildman–Crippen LogP) is 4.66. The highest BCUT2D eigenvalue weighted by molar-refractivity contribution is 5.74. The molecule has 0 saturated carbocycles. The third kappa shape index (κ3) is 2.99. The van der Waals surface area contributed by atoms with Crippen LogP contribution in [0.25, 0.3) is 16.9 Å². The molecule has 1 aromatic carbocycles. The number of nitrogens with zero attached hydrogens (tertiary/aromatic N) is 3. The van der Waals surface area contributed by atoms with E-state index in [9.17, 15) is 4.91 Å². The van der Waals surface area contributed by atoms with Crippen LogP contribution in [0.3, 0.4) is 0 Å². The molecule has 0 radical (unpaired) electrons. The first-order chi connectivity index (χ1) is 11.1. The molecule has 0 bridgehead atoms. The number of nitroso groups, excluding NO2 is 1. The summed E-state index contributed by atoms with van der Waals surface area (Å²) in [6.45, 7) is 8.16. The van der Waals surface area contributed by atoms with E-state index >= 15 is 0 Å². The minimum absolute atomic E-state index is 0.305. The van der Waals surface area contributed by atoms with Crippen molar-refractivity contribution in [2.45, 2.75) is 13.8 Å². The van der Waals surface area contributed by atoms with Crippen LogP contribution in [0.15, 0.2) is 59.9 Å². The van der Waals surface area contributed by atoms with E-state index < -0.39 is 0 Å². The van der Waals surface area contributed by atoms with Crippen LogP contribution in [0.2, 0.25) is 0 Å². The Morgan fingerprint density at radius 3 is 2.65 bits per heavy atom. The Bertz CT molecular complexity index is 879. The molecule has 116 valence electrons. The summed E-state index contributed by atoms with van der Waals surface area (Å²) in [5.74, 6) is 1.05. The maximum absolute atomic E-state index is 11.3. The van der Waals surface area contributed by atoms with E-state index in [2.05, 4.69) is 16.7 Å². The first-order valence-electron chi connectivity index (χ1n) is 7.28. The van der Waals surface area contributed by atoms with E-state index in [1.54, 1.807) is 4.40 Å². The Hall–Kier alpha value is -2.95. The van der Waals surface area contributed by atoms with Crippen LogP contribution >= 0.6 is 0 Å². The molecule has 0 atom stereocenters. The molecular weight excluding hydrogens is 290 g/mol. The standard InChI is InChI=1S/C18H17N3O2/c1-12(2)11-23-15-7-5-14(6-8-15)17-18(20-22)21-10-13(3)4-9-16(21)19-17/h4-10H,1,11H2,2-3H3. The molecule has 0 amide bonds. The summed E-state index contributed by atoms with van der Waals surface area (Å²) in [6.07, 6.45) is 1.85. The number of hydrogen-bond acceptors (Lipinski definition) is 4. The van der Waals surface area contributed by atoms with Crippen LogP contribution in [-0.2, 0) is 0 Å². The molecule has 0 aliphatic carbocycles. The normalized spacial score (nSPS) is 10.7. The van der Waals surface area contributed by atoms with Gasteiger partial charge in [-0.15, -0.1) is 4.91 Å². The second-order valence-corrected chi connectivity index (χ2v) is 5.58. The fourth-order valence-electron chi connectivity index (χ4n) is 2.33. The van der Waals surface area contributed by atoms with Gasteiger partial charge < -0.3 is 4.74 Å². The highest BCUT2D eigenvalue weighted by atomic mass is 16.5. The average molecular weight is 307 g/mol. The zero-order valence-electron chi connectivity index (χ0n) is 13.1. The Morgan fingerprint density at radius 1 is 1.26 bits per heavy atom. The highest BCUT2D eigenvalue weighted by Gasteiger charge is 2.15. The quantitative estimate of drug-likeness (QED) is 0.508. The maximum Gasteiger partial charge on any atom is 0.209 e. The van der Waals surface area contributed by atoms with Gasteiger partial charge in [0.2, 0.25) is 5.82 Å². The van der Waals surface area contributed by atoms with Crippen molar-refractivity contribution in [1.29, 1.82) is 0 Å². The van der Waals surface area contributed by atoms with Gasteiger partial charge in [0.15, 0.2) is 0 Å². The molecule has 5 nitrogen and oxygen atoms in total. The first-order valence-corrected chi connectivity index (χ1v) is 7.28. The van der Waals surface area contributed by atoms with Crippen LogP contribution in [-0.4, -0.2) is 16.0 Å². The number of rotatable bonds is 5. The Kier molecular flexibility index (Phi) is 3.93. The van der Waals surface area contributed by atoms with Gasteiger partial charge in [-0.05, 0) is 60.5 Å². The topological polar surface area (TPSA) is 56.0 Å². The van der Waals surface area contributed by atoms with Gasteiger partial charge in [-0.1, -0.05) is 12.6 Å². The van der Waals surface area contributed by atoms with Crippen molar-refractivity contribution in [3.8, 4) is 17.0 Å². The zero-order valence-corrected chi connectivity index (χ0v) is 13.1. The van der Waals surface area contributed by atoms with Crippen molar-refractivity contribution < 1.29 is 4.74 Å². The minimum Gasteiger partial charge on any atom is -0.489 e. The fourth-order valence-corrected chi connectivity index (χ4v) is 2.33. The van der Waals surface area contributed by atoms with Gasteiger partial charge in [0.05, 0.1) is 0 Å². The maximum atomic E-state index is 11.3. The monoisotopic (exact) mass is 307 g/mol. The number of aryl methyl sites for hydroxylation is 1. The van der Waals surface area contributed by atoms with E-state index in [0.29, 0.717) is 23.8 Å². The smallest absolute Gasteiger partial charge is 0.209 e. The summed E-state index contributed by atoms with van der Waals surface area (Å²) in [6, 6.07) is 11.3. The summed E-state index contributed by atoms with van der Waals surface area (Å²) in [4.78, 5) is 15.8. The summed E-state index contributed by atoms with van der Waals surface area (Å²) in [5.41, 5.74) is 4.08. The van der Waals surface area contributed by atoms with Gasteiger partial charge in [-0.25, -0.2) is 4.98 Å². The molecular formula is C18H17N3O2. The van der Waals surface area contributed by atoms with Crippen LogP contribution in [0, 0.1) is 11.8 Å². The van der Waals surface area contributed by atoms with E-state index in [0.717, 1.165) is 22.4 Å². The highest BCUT2D eigenvalue weighted by Crippen LogP contribution is 2.32. The molecule has 0 spiro atoms. The predicted molar refractivity (Wildman–Crippen MR) is 91.1 cm³/mol. The Labute approximate surface area is 134 Å². The van der Waals surface area contributed by atoms with Gasteiger partial charge in [-0.2, -0.15) is 0 Å². The first kappa shape index (κ1) is 15.0. The molecule has 0 unspecified atom stereocenters. The minimum atomic E-state index is 0.305. The lowest BCUT2D eigenvalue weighted by Crippen LogP contribution is -1.97. The molecule has 2 aromatic heterocycles. The van der Waals surface area contributed by atoms with Crippen molar-refractivity contribution >= 4 is 11.5 Å². The molecule has 0 aliphatic rings. The van der Waals surface area contributed by atoms with Gasteiger partial charge in [0.25, 0.3) is 0 Å². The Balaban J connectivity index is 1.99. The van der Waals surface area contributed by atoms with E-state index in [4.69, 9.17) is 4.74 Å². The number of pyridine rings is 1. The van der Waals surface area contributed by atoms with E-state index in [-0.39, 0.29) is 0 Å². The summed E-state index contributed by atoms with van der Waals surface area (Å²) < 4.78 is 7.29. The number of aromatic nitrogens is 2. The van der Waals surface area contributed by atoms with Crippen molar-refractivity contribution in [2.24, 2.45) is 5.18 Å². The third-order valence-corrected chi connectivity index (χ3v) is 3.44. The van der Waals surface area contributed by atoms with E-state index in [1.165, 1.54) is 0 Å². The lowest BCUT2D eigenvalue weighted by Gasteiger charge is -2.06. The lowest BCUT2D eigenvalue weighted by atomic mass is 10.1. The summed E-state index contributed by atoms with van der Waals surface area (Å²) in [5, 5.41) is 3.17. The lowest BCUT2D eigenvalue weighted by molar-refractivity contribution is 0.353. The molecule has 3 aromatic rings.